The number of amides is 2. The summed E-state index contributed by atoms with van der Waals surface area (Å²) in [4.78, 5) is 65.2. The zero-order valence-electron chi connectivity index (χ0n) is 20.6. The van der Waals surface area contributed by atoms with Gasteiger partial charge in [-0.1, -0.05) is 17.7 Å². The minimum Gasteiger partial charge on any atom is -0.505 e. The number of imide groups is 1. The van der Waals surface area contributed by atoms with Crippen LogP contribution < -0.4 is 4.90 Å². The van der Waals surface area contributed by atoms with Crippen molar-refractivity contribution in [3.05, 3.63) is 98.4 Å². The van der Waals surface area contributed by atoms with Crippen molar-refractivity contribution in [3.63, 3.8) is 0 Å². The van der Waals surface area contributed by atoms with Crippen LogP contribution in [0.1, 0.15) is 31.2 Å². The van der Waals surface area contributed by atoms with E-state index in [9.17, 15) is 38.8 Å². The van der Waals surface area contributed by atoms with Crippen LogP contribution in [0.5, 0.6) is 5.75 Å². The Morgan fingerprint density at radius 3 is 2.41 bits per heavy atom. The number of aromatic hydroxyl groups is 1. The second kappa shape index (κ2) is 8.65. The molecule has 4 aliphatic rings. The van der Waals surface area contributed by atoms with Gasteiger partial charge in [0.15, 0.2) is 23.1 Å². The van der Waals surface area contributed by atoms with Crippen LogP contribution >= 0.6 is 0 Å². The number of carbonyl (C=O) groups is 4. The standard InChI is InChI=1S/C29H21FN2O7/c1-13-10-23(34)26-20(27(13)35)12-19-17(24(26)14-2-9-22(33)21(30)11-14)7-8-18-25(19)29(37)31(28(18)36)15-3-5-16(6-4-15)32(38)39/h2-7,9-11,18-19,24-25,33H,8,12H2,1H3. The van der Waals surface area contributed by atoms with Gasteiger partial charge in [-0.25, -0.2) is 4.39 Å². The summed E-state index contributed by atoms with van der Waals surface area (Å²) in [6.07, 6.45) is 3.33. The first-order valence-corrected chi connectivity index (χ1v) is 12.4. The number of halogens is 1. The van der Waals surface area contributed by atoms with Gasteiger partial charge in [0.25, 0.3) is 5.69 Å². The summed E-state index contributed by atoms with van der Waals surface area (Å²) in [6, 6.07) is 8.91. The van der Waals surface area contributed by atoms with Crippen molar-refractivity contribution in [1.29, 1.82) is 0 Å². The van der Waals surface area contributed by atoms with Crippen LogP contribution in [0.2, 0.25) is 0 Å². The number of hydrogen-bond donors (Lipinski definition) is 1. The minimum absolute atomic E-state index is 0.0717. The Hall–Kier alpha value is -4.73. The fraction of sp³-hybridized carbons (Fsp3) is 0.241. The molecule has 1 fully saturated rings. The van der Waals surface area contributed by atoms with E-state index < -0.39 is 52.0 Å². The number of nitro groups is 1. The molecule has 1 aliphatic heterocycles. The van der Waals surface area contributed by atoms with E-state index in [2.05, 4.69) is 0 Å². The lowest BCUT2D eigenvalue weighted by atomic mass is 9.59. The normalized spacial score (nSPS) is 26.2. The highest BCUT2D eigenvalue weighted by molar-refractivity contribution is 6.25. The van der Waals surface area contributed by atoms with Gasteiger partial charge in [0.1, 0.15) is 0 Å². The van der Waals surface area contributed by atoms with E-state index in [4.69, 9.17) is 0 Å². The Kier molecular flexibility index (Phi) is 5.46. The first kappa shape index (κ1) is 24.6. The molecule has 10 heteroatoms. The van der Waals surface area contributed by atoms with Gasteiger partial charge in [-0.3, -0.25) is 34.2 Å². The lowest BCUT2D eigenvalue weighted by Gasteiger charge is -2.42. The predicted octanol–water partition coefficient (Wildman–Crippen LogP) is 4.07. The lowest BCUT2D eigenvalue weighted by molar-refractivity contribution is -0.384. The smallest absolute Gasteiger partial charge is 0.269 e. The number of ketones is 2. The van der Waals surface area contributed by atoms with Crippen molar-refractivity contribution in [3.8, 4) is 5.75 Å². The molecule has 2 amide bonds. The third kappa shape index (κ3) is 3.58. The SMILES string of the molecule is CC1=CC(=O)C2=C(CC3C(=CCC4C(=O)N(c5ccc([N+](=O)[O-])cc5)C(=O)C43)C2c2ccc(O)c(F)c2)C1=O. The highest BCUT2D eigenvalue weighted by Gasteiger charge is 2.56. The first-order chi connectivity index (χ1) is 18.6. The number of phenols is 1. The second-order valence-corrected chi connectivity index (χ2v) is 10.2. The second-order valence-electron chi connectivity index (χ2n) is 10.2. The Morgan fingerprint density at radius 2 is 1.74 bits per heavy atom. The molecule has 1 N–H and O–H groups in total. The van der Waals surface area contributed by atoms with Gasteiger partial charge in [-0.05, 0) is 61.6 Å². The van der Waals surface area contributed by atoms with Gasteiger partial charge in [0.05, 0.1) is 22.4 Å². The zero-order chi connectivity index (χ0) is 27.7. The number of rotatable bonds is 3. The van der Waals surface area contributed by atoms with Crippen LogP contribution in [-0.2, 0) is 19.2 Å². The highest BCUT2D eigenvalue weighted by Crippen LogP contribution is 2.55. The van der Waals surface area contributed by atoms with E-state index in [0.717, 1.165) is 11.0 Å². The summed E-state index contributed by atoms with van der Waals surface area (Å²) in [5.74, 6) is -6.06. The number of fused-ring (bicyclic) bond motifs is 3. The Morgan fingerprint density at radius 1 is 1.03 bits per heavy atom. The molecule has 3 aliphatic carbocycles. The summed E-state index contributed by atoms with van der Waals surface area (Å²) < 4.78 is 14.5. The number of nitro benzene ring substituents is 1. The first-order valence-electron chi connectivity index (χ1n) is 12.4. The summed E-state index contributed by atoms with van der Waals surface area (Å²) in [5.41, 5.74) is 1.76. The number of phenolic OH excluding ortho intramolecular Hbond substituents is 1. The highest BCUT2D eigenvalue weighted by atomic mass is 19.1. The number of benzene rings is 2. The lowest BCUT2D eigenvalue weighted by Crippen LogP contribution is -2.39. The number of non-ortho nitro benzene ring substituents is 1. The molecule has 9 nitrogen and oxygen atoms in total. The molecule has 4 atom stereocenters. The van der Waals surface area contributed by atoms with Gasteiger partial charge in [0.2, 0.25) is 11.8 Å². The van der Waals surface area contributed by atoms with Crippen molar-refractivity contribution in [2.75, 3.05) is 4.90 Å². The average Bonchev–Trinajstić information content (AvgIpc) is 3.17. The fourth-order valence-corrected chi connectivity index (χ4v) is 6.44. The van der Waals surface area contributed by atoms with Crippen molar-refractivity contribution in [2.24, 2.45) is 17.8 Å². The van der Waals surface area contributed by atoms with E-state index in [1.165, 1.54) is 49.4 Å². The zero-order valence-corrected chi connectivity index (χ0v) is 20.6. The summed E-state index contributed by atoms with van der Waals surface area (Å²) >= 11 is 0. The molecule has 196 valence electrons. The molecule has 6 rings (SSSR count). The molecule has 0 spiro atoms. The van der Waals surface area contributed by atoms with Crippen molar-refractivity contribution >= 4 is 34.8 Å². The molecular weight excluding hydrogens is 507 g/mol. The van der Waals surface area contributed by atoms with Gasteiger partial charge < -0.3 is 5.11 Å². The van der Waals surface area contributed by atoms with Crippen molar-refractivity contribution in [1.82, 2.24) is 0 Å². The number of anilines is 1. The van der Waals surface area contributed by atoms with Gasteiger partial charge in [-0.2, -0.15) is 0 Å². The molecule has 0 radical (unpaired) electrons. The predicted molar refractivity (Wildman–Crippen MR) is 135 cm³/mol. The van der Waals surface area contributed by atoms with E-state index >= 15 is 0 Å². The van der Waals surface area contributed by atoms with E-state index in [1.807, 2.05) is 0 Å². The maximum absolute atomic E-state index is 14.5. The molecular formula is C29H21FN2O7. The number of carbonyl (C=O) groups excluding carboxylic acids is 4. The monoisotopic (exact) mass is 528 g/mol. The molecule has 0 aromatic heterocycles. The Balaban J connectivity index is 1.46. The number of allylic oxidation sites excluding steroid dienone is 6. The van der Waals surface area contributed by atoms with Crippen molar-refractivity contribution < 1.29 is 33.6 Å². The van der Waals surface area contributed by atoms with E-state index in [0.29, 0.717) is 11.1 Å². The quantitative estimate of drug-likeness (QED) is 0.209. The molecule has 2 aromatic carbocycles. The van der Waals surface area contributed by atoms with Crippen LogP contribution in [0.4, 0.5) is 15.8 Å². The number of Topliss-reactive ketones (excluding diaryl/α,β-unsaturated/α-hetero) is 1. The average molecular weight is 528 g/mol. The Bertz CT molecular complexity index is 1620. The minimum atomic E-state index is -0.885. The largest absolute Gasteiger partial charge is 0.505 e. The summed E-state index contributed by atoms with van der Waals surface area (Å²) in [5, 5.41) is 20.8. The van der Waals surface area contributed by atoms with Crippen LogP contribution in [0.25, 0.3) is 0 Å². The summed E-state index contributed by atoms with van der Waals surface area (Å²) in [7, 11) is 0. The molecule has 4 unspecified atom stereocenters. The van der Waals surface area contributed by atoms with Gasteiger partial charge >= 0.3 is 0 Å². The maximum atomic E-state index is 14.5. The molecule has 0 saturated carbocycles. The van der Waals surface area contributed by atoms with E-state index in [1.54, 1.807) is 6.08 Å². The number of hydrogen-bond acceptors (Lipinski definition) is 7. The van der Waals surface area contributed by atoms with E-state index in [-0.39, 0.29) is 52.5 Å². The maximum Gasteiger partial charge on any atom is 0.269 e. The van der Waals surface area contributed by atoms with Crippen molar-refractivity contribution in [2.45, 2.75) is 25.7 Å². The summed E-state index contributed by atoms with van der Waals surface area (Å²) in [6.45, 7) is 1.54. The molecule has 1 heterocycles. The van der Waals surface area contributed by atoms with Gasteiger partial charge in [0, 0.05) is 34.8 Å². The van der Waals surface area contributed by atoms with Crippen LogP contribution in [0.3, 0.4) is 0 Å². The van der Waals surface area contributed by atoms with Gasteiger partial charge in [-0.15, -0.1) is 0 Å². The molecule has 1 saturated heterocycles. The molecule has 0 bridgehead atoms. The number of nitrogens with zero attached hydrogens (tertiary/aromatic N) is 2. The van der Waals surface area contributed by atoms with Crippen LogP contribution in [-0.4, -0.2) is 33.4 Å². The topological polar surface area (TPSA) is 135 Å². The molecule has 39 heavy (non-hydrogen) atoms. The third-order valence-corrected chi connectivity index (χ3v) is 8.19. The Labute approximate surface area is 221 Å². The van der Waals surface area contributed by atoms with Crippen LogP contribution in [0.15, 0.2) is 76.9 Å². The fourth-order valence-electron chi connectivity index (χ4n) is 6.44. The third-order valence-electron chi connectivity index (χ3n) is 8.19. The molecule has 2 aromatic rings. The van der Waals surface area contributed by atoms with Crippen LogP contribution in [0, 0.1) is 33.7 Å².